The molecule has 5 nitrogen and oxygen atoms in total. The summed E-state index contributed by atoms with van der Waals surface area (Å²) in [6, 6.07) is 20.1. The molecular weight excluding hydrogens is 456 g/mol. The SMILES string of the molecule is CCOc1ccc(NC2=C(Sc3ccc(Cl)cc3)C(=O)N(c3ccc(C)cc3C)C2=O)cc1. The highest BCUT2D eigenvalue weighted by Gasteiger charge is 2.40. The average molecular weight is 479 g/mol. The zero-order valence-corrected chi connectivity index (χ0v) is 20.1. The second kappa shape index (κ2) is 9.73. The maximum atomic E-state index is 13.5. The first kappa shape index (κ1) is 23.0. The molecule has 1 aliphatic heterocycles. The van der Waals surface area contributed by atoms with Crippen LogP contribution >= 0.6 is 23.4 Å². The van der Waals surface area contributed by atoms with Gasteiger partial charge in [-0.15, -0.1) is 0 Å². The number of nitrogens with one attached hydrogen (secondary N) is 1. The number of carbonyl (C=O) groups excluding carboxylic acids is 2. The molecule has 168 valence electrons. The molecule has 7 heteroatoms. The molecule has 0 aliphatic carbocycles. The minimum Gasteiger partial charge on any atom is -0.494 e. The maximum absolute atomic E-state index is 13.5. The van der Waals surface area contributed by atoms with Gasteiger partial charge in [0.05, 0.1) is 12.3 Å². The minimum absolute atomic E-state index is 0.240. The topological polar surface area (TPSA) is 58.6 Å². The molecule has 0 unspecified atom stereocenters. The van der Waals surface area contributed by atoms with E-state index < -0.39 is 5.91 Å². The molecule has 0 fully saturated rings. The monoisotopic (exact) mass is 478 g/mol. The number of rotatable bonds is 7. The fourth-order valence-corrected chi connectivity index (χ4v) is 4.61. The van der Waals surface area contributed by atoms with Gasteiger partial charge < -0.3 is 10.1 Å². The number of carbonyl (C=O) groups is 2. The molecule has 1 heterocycles. The van der Waals surface area contributed by atoms with E-state index in [0.717, 1.165) is 21.8 Å². The Labute approximate surface area is 202 Å². The van der Waals surface area contributed by atoms with E-state index >= 15 is 0 Å². The molecule has 4 rings (SSSR count). The Morgan fingerprint density at radius 2 is 1.64 bits per heavy atom. The minimum atomic E-state index is -0.391. The Bertz CT molecular complexity index is 1240. The number of aryl methyl sites for hydroxylation is 2. The van der Waals surface area contributed by atoms with Crippen molar-refractivity contribution in [3.63, 3.8) is 0 Å². The van der Waals surface area contributed by atoms with Gasteiger partial charge in [0, 0.05) is 15.6 Å². The smallest absolute Gasteiger partial charge is 0.283 e. The first-order valence-corrected chi connectivity index (χ1v) is 11.7. The van der Waals surface area contributed by atoms with Crippen molar-refractivity contribution in [2.24, 2.45) is 0 Å². The summed E-state index contributed by atoms with van der Waals surface area (Å²) >= 11 is 7.25. The summed E-state index contributed by atoms with van der Waals surface area (Å²) in [5.74, 6) is -0.0174. The number of hydrogen-bond donors (Lipinski definition) is 1. The van der Waals surface area contributed by atoms with Crippen molar-refractivity contribution < 1.29 is 14.3 Å². The van der Waals surface area contributed by atoms with Gasteiger partial charge in [-0.1, -0.05) is 41.1 Å². The zero-order chi connectivity index (χ0) is 23.5. The number of imide groups is 1. The third kappa shape index (κ3) is 4.92. The number of anilines is 2. The highest BCUT2D eigenvalue weighted by Crippen LogP contribution is 2.39. The molecule has 2 amide bonds. The third-order valence-electron chi connectivity index (χ3n) is 5.10. The second-order valence-electron chi connectivity index (χ2n) is 7.58. The van der Waals surface area contributed by atoms with E-state index in [-0.39, 0.29) is 11.6 Å². The summed E-state index contributed by atoms with van der Waals surface area (Å²) in [4.78, 5) is 29.4. The number of benzene rings is 3. The number of halogens is 1. The van der Waals surface area contributed by atoms with Gasteiger partial charge >= 0.3 is 0 Å². The molecule has 0 radical (unpaired) electrons. The van der Waals surface area contributed by atoms with Crippen LogP contribution in [0.2, 0.25) is 5.02 Å². The fraction of sp³-hybridized carbons (Fsp3) is 0.154. The number of amides is 2. The third-order valence-corrected chi connectivity index (χ3v) is 6.45. The standard InChI is InChI=1S/C26H23ClN2O3S/c1-4-32-20-10-8-19(9-11-20)28-23-24(33-21-12-6-18(27)7-13-21)26(31)29(25(23)30)22-14-5-16(2)15-17(22)3/h5-15,28H,4H2,1-3H3. The van der Waals surface area contributed by atoms with Gasteiger partial charge in [0.2, 0.25) is 0 Å². The van der Waals surface area contributed by atoms with Crippen LogP contribution in [0.1, 0.15) is 18.1 Å². The molecule has 1 aliphatic rings. The molecule has 0 spiro atoms. The lowest BCUT2D eigenvalue weighted by atomic mass is 10.1. The highest BCUT2D eigenvalue weighted by molar-refractivity contribution is 8.04. The summed E-state index contributed by atoms with van der Waals surface area (Å²) < 4.78 is 5.49. The predicted octanol–water partition coefficient (Wildman–Crippen LogP) is 6.34. The van der Waals surface area contributed by atoms with Crippen molar-refractivity contribution in [2.45, 2.75) is 25.7 Å². The van der Waals surface area contributed by atoms with Crippen molar-refractivity contribution in [1.29, 1.82) is 0 Å². The van der Waals surface area contributed by atoms with E-state index in [1.807, 2.05) is 75.4 Å². The number of thioether (sulfide) groups is 1. The molecule has 0 atom stereocenters. The van der Waals surface area contributed by atoms with Crippen molar-refractivity contribution in [3.8, 4) is 5.75 Å². The van der Waals surface area contributed by atoms with E-state index in [0.29, 0.717) is 27.9 Å². The van der Waals surface area contributed by atoms with Gasteiger partial charge in [0.1, 0.15) is 16.4 Å². The van der Waals surface area contributed by atoms with Crippen LogP contribution in [-0.4, -0.2) is 18.4 Å². The molecule has 0 saturated heterocycles. The Hall–Kier alpha value is -3.22. The Kier molecular flexibility index (Phi) is 6.77. The second-order valence-corrected chi connectivity index (χ2v) is 9.10. The van der Waals surface area contributed by atoms with E-state index in [1.54, 1.807) is 12.1 Å². The molecule has 33 heavy (non-hydrogen) atoms. The summed E-state index contributed by atoms with van der Waals surface area (Å²) in [5, 5.41) is 3.77. The normalized spacial score (nSPS) is 13.6. The van der Waals surface area contributed by atoms with Gasteiger partial charge in [0.15, 0.2) is 0 Å². The van der Waals surface area contributed by atoms with Crippen LogP contribution in [0.5, 0.6) is 5.75 Å². The Balaban J connectivity index is 1.72. The molecule has 3 aromatic carbocycles. The molecule has 0 saturated carbocycles. The van der Waals surface area contributed by atoms with E-state index in [4.69, 9.17) is 16.3 Å². The lowest BCUT2D eigenvalue weighted by Crippen LogP contribution is -2.33. The lowest BCUT2D eigenvalue weighted by molar-refractivity contribution is -0.120. The van der Waals surface area contributed by atoms with Crippen LogP contribution in [0.15, 0.2) is 82.2 Å². The summed E-state index contributed by atoms with van der Waals surface area (Å²) in [5.41, 5.74) is 3.42. The van der Waals surface area contributed by atoms with Gasteiger partial charge in [-0.2, -0.15) is 0 Å². The van der Waals surface area contributed by atoms with E-state index in [2.05, 4.69) is 5.32 Å². The first-order valence-electron chi connectivity index (χ1n) is 10.5. The van der Waals surface area contributed by atoms with E-state index in [9.17, 15) is 9.59 Å². The summed E-state index contributed by atoms with van der Waals surface area (Å²) in [7, 11) is 0. The maximum Gasteiger partial charge on any atom is 0.283 e. The number of ether oxygens (including phenoxy) is 1. The van der Waals surface area contributed by atoms with Crippen molar-refractivity contribution in [3.05, 3.63) is 93.5 Å². The predicted molar refractivity (Wildman–Crippen MR) is 134 cm³/mol. The molecule has 3 aromatic rings. The van der Waals surface area contributed by atoms with Crippen LogP contribution in [-0.2, 0) is 9.59 Å². The van der Waals surface area contributed by atoms with Crippen molar-refractivity contribution >= 4 is 46.6 Å². The molecular formula is C26H23ClN2O3S. The molecule has 0 bridgehead atoms. The van der Waals surface area contributed by atoms with Gasteiger partial charge in [-0.05, 0) is 80.9 Å². The van der Waals surface area contributed by atoms with E-state index in [1.165, 1.54) is 16.7 Å². The largest absolute Gasteiger partial charge is 0.494 e. The van der Waals surface area contributed by atoms with Gasteiger partial charge in [0.25, 0.3) is 11.8 Å². The Morgan fingerprint density at radius 3 is 2.27 bits per heavy atom. The quantitative estimate of drug-likeness (QED) is 0.401. The first-order chi connectivity index (χ1) is 15.9. The summed E-state index contributed by atoms with van der Waals surface area (Å²) in [6.07, 6.45) is 0. The Morgan fingerprint density at radius 1 is 0.939 bits per heavy atom. The number of nitrogens with zero attached hydrogens (tertiary/aromatic N) is 1. The number of hydrogen-bond acceptors (Lipinski definition) is 5. The summed E-state index contributed by atoms with van der Waals surface area (Å²) in [6.45, 7) is 6.36. The fourth-order valence-electron chi connectivity index (χ4n) is 3.56. The van der Waals surface area contributed by atoms with Crippen LogP contribution < -0.4 is 15.0 Å². The van der Waals surface area contributed by atoms with Crippen LogP contribution in [0.3, 0.4) is 0 Å². The lowest BCUT2D eigenvalue weighted by Gasteiger charge is -2.18. The average Bonchev–Trinajstić information content (AvgIpc) is 3.01. The van der Waals surface area contributed by atoms with Crippen molar-refractivity contribution in [1.82, 2.24) is 0 Å². The van der Waals surface area contributed by atoms with Gasteiger partial charge in [-0.25, -0.2) is 4.90 Å². The molecule has 0 aromatic heterocycles. The van der Waals surface area contributed by atoms with Crippen LogP contribution in [0, 0.1) is 13.8 Å². The van der Waals surface area contributed by atoms with Crippen LogP contribution in [0.4, 0.5) is 11.4 Å². The highest BCUT2D eigenvalue weighted by atomic mass is 35.5. The zero-order valence-electron chi connectivity index (χ0n) is 18.5. The van der Waals surface area contributed by atoms with Gasteiger partial charge in [-0.3, -0.25) is 9.59 Å². The van der Waals surface area contributed by atoms with Crippen molar-refractivity contribution in [2.75, 3.05) is 16.8 Å². The van der Waals surface area contributed by atoms with Crippen LogP contribution in [0.25, 0.3) is 0 Å². The molecule has 1 N–H and O–H groups in total.